The van der Waals surface area contributed by atoms with E-state index in [4.69, 9.17) is 16.3 Å². The Kier molecular flexibility index (Phi) is 9.59. The van der Waals surface area contributed by atoms with Gasteiger partial charge >= 0.3 is 6.61 Å². The van der Waals surface area contributed by atoms with Crippen LogP contribution >= 0.6 is 11.6 Å². The number of halogens is 4. The van der Waals surface area contributed by atoms with E-state index in [-0.39, 0.29) is 11.6 Å². The Morgan fingerprint density at radius 2 is 2.02 bits per heavy atom. The number of nitrogens with zero attached hydrogens (tertiary/aromatic N) is 4. The zero-order chi connectivity index (χ0) is 28.8. The molecule has 0 aliphatic rings. The molecule has 0 fully saturated rings. The summed E-state index contributed by atoms with van der Waals surface area (Å²) >= 11 is 6.48. The molecule has 0 radical (unpaired) electrons. The summed E-state index contributed by atoms with van der Waals surface area (Å²) in [4.78, 5) is 21.4. The predicted molar refractivity (Wildman–Crippen MR) is 145 cm³/mol. The first-order valence-corrected chi connectivity index (χ1v) is 13.1. The van der Waals surface area contributed by atoms with Crippen molar-refractivity contribution in [3.05, 3.63) is 70.4 Å². The zero-order valence-corrected chi connectivity index (χ0v) is 23.0. The van der Waals surface area contributed by atoms with Crippen LogP contribution in [0.5, 0.6) is 5.75 Å². The van der Waals surface area contributed by atoms with E-state index in [0.29, 0.717) is 41.1 Å². The number of ether oxygens (including phenoxy) is 2. The number of fused-ring (bicyclic) bond motifs is 1. The molecule has 4 aromatic rings. The van der Waals surface area contributed by atoms with Crippen LogP contribution in [0.15, 0.2) is 42.7 Å². The van der Waals surface area contributed by atoms with Crippen LogP contribution in [0.4, 0.5) is 13.2 Å². The number of amides is 1. The van der Waals surface area contributed by atoms with Gasteiger partial charge in [-0.25, -0.2) is 19.0 Å². The van der Waals surface area contributed by atoms with E-state index in [1.807, 2.05) is 32.0 Å². The number of carbonyl (C=O) groups excluding carboxylic acids is 1. The minimum Gasteiger partial charge on any atom is -0.487 e. The molecule has 0 aliphatic carbocycles. The molecule has 0 saturated heterocycles. The summed E-state index contributed by atoms with van der Waals surface area (Å²) in [5.74, 6) is -0.213. The van der Waals surface area contributed by atoms with Gasteiger partial charge in [0.15, 0.2) is 5.82 Å². The molecule has 8 nitrogen and oxygen atoms in total. The second-order valence-corrected chi connectivity index (χ2v) is 9.66. The molecule has 2 aromatic carbocycles. The second kappa shape index (κ2) is 13.1. The van der Waals surface area contributed by atoms with Crippen LogP contribution in [0, 0.1) is 12.7 Å². The van der Waals surface area contributed by atoms with Gasteiger partial charge in [-0.3, -0.25) is 4.79 Å². The predicted octanol–water partition coefficient (Wildman–Crippen LogP) is 6.30. The van der Waals surface area contributed by atoms with Crippen LogP contribution in [0.2, 0.25) is 5.02 Å². The average molecular weight is 576 g/mol. The fraction of sp³-hybridized carbons (Fsp3) is 0.357. The van der Waals surface area contributed by atoms with Crippen molar-refractivity contribution in [2.45, 2.75) is 52.4 Å². The molecule has 2 heterocycles. The number of nitrogens with one attached hydrogen (secondary N) is 1. The lowest BCUT2D eigenvalue weighted by atomic mass is 9.96. The van der Waals surface area contributed by atoms with Crippen LogP contribution in [0.3, 0.4) is 0 Å². The monoisotopic (exact) mass is 575 g/mol. The molecular formula is C28H29ClF3N5O3. The second-order valence-electron chi connectivity index (χ2n) is 9.25. The number of hydrogen-bond acceptors (Lipinski definition) is 6. The van der Waals surface area contributed by atoms with Crippen molar-refractivity contribution in [1.29, 1.82) is 0 Å². The summed E-state index contributed by atoms with van der Waals surface area (Å²) in [7, 11) is 1.80. The fourth-order valence-corrected chi connectivity index (χ4v) is 4.78. The van der Waals surface area contributed by atoms with Gasteiger partial charge in [0.05, 0.1) is 11.1 Å². The van der Waals surface area contributed by atoms with Crippen molar-refractivity contribution in [1.82, 2.24) is 25.1 Å². The Labute approximate surface area is 234 Å². The summed E-state index contributed by atoms with van der Waals surface area (Å²) in [5.41, 5.74) is 3.03. The van der Waals surface area contributed by atoms with E-state index in [9.17, 15) is 18.0 Å². The molecule has 2 aromatic heterocycles. The number of hydrogen-bond donors (Lipinski definition) is 1. The van der Waals surface area contributed by atoms with Gasteiger partial charge in [-0.2, -0.15) is 13.9 Å². The van der Waals surface area contributed by atoms with Crippen LogP contribution in [-0.2, 0) is 23.2 Å². The van der Waals surface area contributed by atoms with Gasteiger partial charge in [0.25, 0.3) is 0 Å². The van der Waals surface area contributed by atoms with Gasteiger partial charge in [0.1, 0.15) is 36.6 Å². The average Bonchev–Trinajstić information content (AvgIpc) is 3.34. The quantitative estimate of drug-likeness (QED) is 0.213. The Morgan fingerprint density at radius 1 is 1.23 bits per heavy atom. The van der Waals surface area contributed by atoms with Gasteiger partial charge in [-0.15, -0.1) is 0 Å². The molecule has 1 amide bonds. The first kappa shape index (κ1) is 29.3. The Morgan fingerprint density at radius 3 is 2.73 bits per heavy atom. The smallest absolute Gasteiger partial charge is 0.345 e. The van der Waals surface area contributed by atoms with Gasteiger partial charge in [0, 0.05) is 29.3 Å². The van der Waals surface area contributed by atoms with Crippen LogP contribution < -0.4 is 10.1 Å². The van der Waals surface area contributed by atoms with E-state index < -0.39 is 31.0 Å². The maximum absolute atomic E-state index is 14.5. The van der Waals surface area contributed by atoms with Crippen molar-refractivity contribution >= 4 is 28.4 Å². The molecule has 12 heteroatoms. The molecule has 0 saturated carbocycles. The lowest BCUT2D eigenvalue weighted by molar-refractivity contribution is -0.152. The molecule has 0 unspecified atom stereocenters. The van der Waals surface area contributed by atoms with Gasteiger partial charge < -0.3 is 14.8 Å². The number of aryl methyl sites for hydroxylation is 2. The molecule has 1 atom stereocenters. The zero-order valence-electron chi connectivity index (χ0n) is 22.3. The minimum atomic E-state index is -3.08. The van der Waals surface area contributed by atoms with Gasteiger partial charge in [0.2, 0.25) is 5.91 Å². The highest BCUT2D eigenvalue weighted by atomic mass is 35.5. The lowest BCUT2D eigenvalue weighted by Gasteiger charge is -2.23. The third-order valence-electron chi connectivity index (χ3n) is 6.35. The molecule has 40 heavy (non-hydrogen) atoms. The Hall–Kier alpha value is -3.70. The SMILES string of the molecule is CCCC[C@@H](NC(=O)COC(F)F)c1cc(F)cc(Cl)c1COc1cccc2c(-c3ncnn3C)cc(C)nc12. The molecular weight excluding hydrogens is 547 g/mol. The fourth-order valence-electron chi connectivity index (χ4n) is 4.52. The summed E-state index contributed by atoms with van der Waals surface area (Å²) in [6.07, 6.45) is 3.39. The van der Waals surface area contributed by atoms with E-state index in [1.54, 1.807) is 17.8 Å². The largest absolute Gasteiger partial charge is 0.487 e. The maximum Gasteiger partial charge on any atom is 0.345 e. The van der Waals surface area contributed by atoms with E-state index in [1.165, 1.54) is 18.5 Å². The standard InChI is InChI=1S/C28H29ClF3N5O3/c1-4-5-8-23(36-25(38)14-40-28(31)32)19-11-17(30)12-22(29)21(19)13-39-24-9-6-7-18-20(10-16(2)35-26(18)24)27-33-15-34-37(27)3/h6-7,9-12,15,23,28H,4-5,8,13-14H2,1-3H3,(H,36,38)/t23-/m1/s1. The molecule has 0 aliphatic heterocycles. The highest BCUT2D eigenvalue weighted by molar-refractivity contribution is 6.31. The number of carbonyl (C=O) groups is 1. The Bertz CT molecular complexity index is 1500. The molecule has 4 rings (SSSR count). The third-order valence-corrected chi connectivity index (χ3v) is 6.68. The normalized spacial score (nSPS) is 12.2. The number of benzene rings is 2. The Balaban J connectivity index is 1.68. The summed E-state index contributed by atoms with van der Waals surface area (Å²) < 4.78 is 51.4. The topological polar surface area (TPSA) is 91.2 Å². The summed E-state index contributed by atoms with van der Waals surface area (Å²) in [5, 5.41) is 7.76. The van der Waals surface area contributed by atoms with Crippen molar-refractivity contribution in [2.75, 3.05) is 6.61 Å². The lowest BCUT2D eigenvalue weighted by Crippen LogP contribution is -2.33. The minimum absolute atomic E-state index is 0.0610. The van der Waals surface area contributed by atoms with Crippen molar-refractivity contribution in [3.63, 3.8) is 0 Å². The van der Waals surface area contributed by atoms with Gasteiger partial charge in [-0.1, -0.05) is 43.5 Å². The third kappa shape index (κ3) is 6.89. The molecule has 1 N–H and O–H groups in total. The number of alkyl halides is 2. The van der Waals surface area contributed by atoms with Crippen LogP contribution in [0.25, 0.3) is 22.3 Å². The first-order chi connectivity index (χ1) is 19.2. The molecule has 0 bridgehead atoms. The van der Waals surface area contributed by atoms with Crippen molar-refractivity contribution in [2.24, 2.45) is 7.05 Å². The number of rotatable bonds is 12. The maximum atomic E-state index is 14.5. The van der Waals surface area contributed by atoms with E-state index >= 15 is 0 Å². The molecule has 0 spiro atoms. The molecule has 212 valence electrons. The number of aromatic nitrogens is 4. The first-order valence-electron chi connectivity index (χ1n) is 12.7. The van der Waals surface area contributed by atoms with Crippen LogP contribution in [-0.4, -0.2) is 38.9 Å². The van der Waals surface area contributed by atoms with Gasteiger partial charge in [-0.05, 0) is 43.2 Å². The van der Waals surface area contributed by atoms with Crippen molar-refractivity contribution in [3.8, 4) is 17.1 Å². The van der Waals surface area contributed by atoms with E-state index in [2.05, 4.69) is 25.1 Å². The van der Waals surface area contributed by atoms with Crippen LogP contribution in [0.1, 0.15) is 49.0 Å². The highest BCUT2D eigenvalue weighted by Crippen LogP contribution is 2.35. The number of pyridine rings is 1. The van der Waals surface area contributed by atoms with E-state index in [0.717, 1.165) is 23.1 Å². The number of unbranched alkanes of at least 4 members (excludes halogenated alkanes) is 1. The highest BCUT2D eigenvalue weighted by Gasteiger charge is 2.22. The summed E-state index contributed by atoms with van der Waals surface area (Å²) in [6.45, 7) is -0.145. The summed E-state index contributed by atoms with van der Waals surface area (Å²) in [6, 6.07) is 9.17. The number of para-hydroxylation sites is 1. The van der Waals surface area contributed by atoms with Crippen molar-refractivity contribution < 1.29 is 27.4 Å².